The maximum Gasteiger partial charge on any atom is 0.113 e. The predicted octanol–water partition coefficient (Wildman–Crippen LogP) is 5.46. The van der Waals surface area contributed by atoms with Gasteiger partial charge in [-0.25, -0.2) is 0 Å². The Morgan fingerprint density at radius 2 is 1.32 bits per heavy atom. The molecule has 0 amide bonds. The number of nitrogens with zero attached hydrogens (tertiary/aromatic N) is 1. The second-order valence-electron chi connectivity index (χ2n) is 8.19. The second kappa shape index (κ2) is 16.9. The van der Waals surface area contributed by atoms with Gasteiger partial charge >= 0.3 is 0 Å². The number of pyridine rings is 1. The van der Waals surface area contributed by atoms with E-state index in [0.29, 0.717) is 5.69 Å². The molecule has 0 aliphatic rings. The molecule has 0 aliphatic carbocycles. The van der Waals surface area contributed by atoms with Gasteiger partial charge in [-0.15, -0.1) is 0 Å². The van der Waals surface area contributed by atoms with Crippen molar-refractivity contribution < 1.29 is 10.2 Å². The van der Waals surface area contributed by atoms with E-state index in [0.717, 1.165) is 18.5 Å². The number of aliphatic hydroxyl groups excluding tert-OH is 2. The van der Waals surface area contributed by atoms with Gasteiger partial charge in [-0.1, -0.05) is 96.5 Å². The van der Waals surface area contributed by atoms with E-state index < -0.39 is 12.1 Å². The maximum atomic E-state index is 10.1. The van der Waals surface area contributed by atoms with Crippen molar-refractivity contribution in [2.75, 3.05) is 6.61 Å². The van der Waals surface area contributed by atoms with Gasteiger partial charge in [-0.3, -0.25) is 4.98 Å². The van der Waals surface area contributed by atoms with E-state index in [1.165, 1.54) is 83.5 Å². The van der Waals surface area contributed by atoms with Crippen LogP contribution in [-0.4, -0.2) is 27.8 Å². The van der Waals surface area contributed by atoms with E-state index in [-0.39, 0.29) is 6.61 Å². The molecule has 4 nitrogen and oxygen atoms in total. The summed E-state index contributed by atoms with van der Waals surface area (Å²) in [4.78, 5) is 4.50. The van der Waals surface area contributed by atoms with E-state index in [2.05, 4.69) is 11.9 Å². The van der Waals surface area contributed by atoms with Crippen LogP contribution >= 0.6 is 0 Å². The fraction of sp³-hybridized carbons (Fsp3) is 0.792. The molecule has 0 fully saturated rings. The Labute approximate surface area is 173 Å². The molecule has 0 saturated heterocycles. The molecule has 4 heteroatoms. The van der Waals surface area contributed by atoms with Gasteiger partial charge in [0.25, 0.3) is 0 Å². The Morgan fingerprint density at radius 3 is 1.82 bits per heavy atom. The molecule has 28 heavy (non-hydrogen) atoms. The Balaban J connectivity index is 1.99. The van der Waals surface area contributed by atoms with Crippen LogP contribution < -0.4 is 5.73 Å². The van der Waals surface area contributed by atoms with Crippen LogP contribution in [0.3, 0.4) is 0 Å². The van der Waals surface area contributed by atoms with Crippen LogP contribution in [-0.2, 0) is 6.42 Å². The summed E-state index contributed by atoms with van der Waals surface area (Å²) in [6, 6.07) is 5.01. The first kappa shape index (κ1) is 25.1. The number of aliphatic hydroxyl groups is 2. The number of aromatic nitrogens is 1. The molecule has 1 aromatic rings. The van der Waals surface area contributed by atoms with Crippen LogP contribution in [0.1, 0.15) is 114 Å². The maximum absolute atomic E-state index is 10.1. The first-order valence-corrected chi connectivity index (χ1v) is 11.7. The minimum atomic E-state index is -0.902. The Kier molecular flexibility index (Phi) is 15.2. The molecular weight excluding hydrogens is 348 g/mol. The van der Waals surface area contributed by atoms with Crippen LogP contribution in [0.2, 0.25) is 0 Å². The zero-order chi connectivity index (χ0) is 20.5. The molecule has 4 N–H and O–H groups in total. The zero-order valence-electron chi connectivity index (χ0n) is 18.1. The highest BCUT2D eigenvalue weighted by atomic mass is 16.3. The molecular formula is C24H44N2O2. The average Bonchev–Trinajstić information content (AvgIpc) is 2.73. The first-order valence-electron chi connectivity index (χ1n) is 11.7. The second-order valence-corrected chi connectivity index (χ2v) is 8.19. The van der Waals surface area contributed by atoms with Crippen molar-refractivity contribution in [2.45, 2.75) is 115 Å². The Hall–Kier alpha value is -0.970. The number of unbranched alkanes of at least 4 members (excludes halogenated alkanes) is 13. The SMILES string of the molecule is CCCCCCCCCCCCCCCCc1cccc(C(O)C(N)CO)n1. The molecule has 0 radical (unpaired) electrons. The third-order valence-electron chi connectivity index (χ3n) is 5.53. The van der Waals surface area contributed by atoms with Crippen molar-refractivity contribution >= 4 is 0 Å². The lowest BCUT2D eigenvalue weighted by Gasteiger charge is -2.16. The van der Waals surface area contributed by atoms with E-state index in [1.54, 1.807) is 6.07 Å². The molecule has 162 valence electrons. The van der Waals surface area contributed by atoms with Gasteiger partial charge < -0.3 is 15.9 Å². The van der Waals surface area contributed by atoms with Gasteiger partial charge in [0.2, 0.25) is 0 Å². The van der Waals surface area contributed by atoms with Gasteiger partial charge in [-0.05, 0) is 25.0 Å². The summed E-state index contributed by atoms with van der Waals surface area (Å²) in [5, 5.41) is 19.1. The number of aryl methyl sites for hydroxylation is 1. The summed E-state index contributed by atoms with van der Waals surface area (Å²) in [5.41, 5.74) is 7.25. The standard InChI is InChI=1S/C24H44N2O2/c1-2-3-4-5-6-7-8-9-10-11-12-13-14-15-17-21-18-16-19-23(26-21)24(28)22(25)20-27/h16,18-19,22,24,27-28H,2-15,17,20,25H2,1H3. The van der Waals surface area contributed by atoms with Gasteiger partial charge in [-0.2, -0.15) is 0 Å². The minimum absolute atomic E-state index is 0.244. The Morgan fingerprint density at radius 1 is 0.821 bits per heavy atom. The molecule has 0 saturated carbocycles. The van der Waals surface area contributed by atoms with Crippen molar-refractivity contribution in [1.29, 1.82) is 0 Å². The Bertz CT molecular complexity index is 481. The first-order chi connectivity index (χ1) is 13.7. The van der Waals surface area contributed by atoms with Gasteiger partial charge in [0.1, 0.15) is 6.10 Å². The largest absolute Gasteiger partial charge is 0.395 e. The number of nitrogens with two attached hydrogens (primary N) is 1. The minimum Gasteiger partial charge on any atom is -0.395 e. The van der Waals surface area contributed by atoms with Crippen molar-refractivity contribution in [3.05, 3.63) is 29.6 Å². The van der Waals surface area contributed by atoms with Crippen molar-refractivity contribution in [2.24, 2.45) is 5.73 Å². The van der Waals surface area contributed by atoms with E-state index >= 15 is 0 Å². The van der Waals surface area contributed by atoms with E-state index in [1.807, 2.05) is 12.1 Å². The van der Waals surface area contributed by atoms with Crippen molar-refractivity contribution in [1.82, 2.24) is 4.98 Å². The van der Waals surface area contributed by atoms with Crippen LogP contribution in [0.15, 0.2) is 18.2 Å². The van der Waals surface area contributed by atoms with Crippen LogP contribution in [0.4, 0.5) is 0 Å². The monoisotopic (exact) mass is 392 g/mol. The topological polar surface area (TPSA) is 79.4 Å². The zero-order valence-corrected chi connectivity index (χ0v) is 18.1. The molecule has 0 spiro atoms. The fourth-order valence-corrected chi connectivity index (χ4v) is 3.62. The summed E-state index contributed by atoms with van der Waals surface area (Å²) >= 11 is 0. The smallest absolute Gasteiger partial charge is 0.113 e. The molecule has 0 aromatic carbocycles. The summed E-state index contributed by atoms with van der Waals surface area (Å²) in [7, 11) is 0. The molecule has 2 atom stereocenters. The summed E-state index contributed by atoms with van der Waals surface area (Å²) in [6.07, 6.45) is 19.1. The van der Waals surface area contributed by atoms with Crippen LogP contribution in [0, 0.1) is 0 Å². The quantitative estimate of drug-likeness (QED) is 0.290. The normalized spacial score (nSPS) is 13.6. The third kappa shape index (κ3) is 11.8. The van der Waals surface area contributed by atoms with Crippen LogP contribution in [0.25, 0.3) is 0 Å². The average molecular weight is 393 g/mol. The molecule has 1 rings (SSSR count). The highest BCUT2D eigenvalue weighted by Crippen LogP contribution is 2.16. The van der Waals surface area contributed by atoms with Gasteiger partial charge in [0.05, 0.1) is 18.3 Å². The number of hydrogen-bond donors (Lipinski definition) is 3. The molecule has 0 bridgehead atoms. The summed E-state index contributed by atoms with van der Waals surface area (Å²) in [5.74, 6) is 0. The summed E-state index contributed by atoms with van der Waals surface area (Å²) in [6.45, 7) is 2.03. The molecule has 1 aromatic heterocycles. The lowest BCUT2D eigenvalue weighted by Crippen LogP contribution is -2.32. The van der Waals surface area contributed by atoms with Crippen molar-refractivity contribution in [3.8, 4) is 0 Å². The van der Waals surface area contributed by atoms with E-state index in [4.69, 9.17) is 10.8 Å². The highest BCUT2D eigenvalue weighted by molar-refractivity contribution is 5.14. The number of hydrogen-bond acceptors (Lipinski definition) is 4. The van der Waals surface area contributed by atoms with Gasteiger partial charge in [0, 0.05) is 5.69 Å². The van der Waals surface area contributed by atoms with Crippen LogP contribution in [0.5, 0.6) is 0 Å². The van der Waals surface area contributed by atoms with Gasteiger partial charge in [0.15, 0.2) is 0 Å². The fourth-order valence-electron chi connectivity index (χ4n) is 3.62. The van der Waals surface area contributed by atoms with E-state index in [9.17, 15) is 5.11 Å². The van der Waals surface area contributed by atoms with Crippen molar-refractivity contribution in [3.63, 3.8) is 0 Å². The molecule has 2 unspecified atom stereocenters. The molecule has 1 heterocycles. The predicted molar refractivity (Wildman–Crippen MR) is 118 cm³/mol. The molecule has 0 aliphatic heterocycles. The third-order valence-corrected chi connectivity index (χ3v) is 5.53. The summed E-state index contributed by atoms with van der Waals surface area (Å²) < 4.78 is 0. The highest BCUT2D eigenvalue weighted by Gasteiger charge is 2.17. The number of rotatable bonds is 18. The lowest BCUT2D eigenvalue weighted by atomic mass is 10.0. The lowest BCUT2D eigenvalue weighted by molar-refractivity contribution is 0.106.